The molecule has 0 amide bonds. The van der Waals surface area contributed by atoms with E-state index in [-0.39, 0.29) is 5.41 Å². The normalized spacial score (nSPS) is 13.2. The number of hydrogen-bond donors (Lipinski definition) is 0. The van der Waals surface area contributed by atoms with Gasteiger partial charge in [-0.2, -0.15) is 0 Å². The van der Waals surface area contributed by atoms with Crippen molar-refractivity contribution in [1.29, 1.82) is 0 Å². The fourth-order valence-electron chi connectivity index (χ4n) is 7.94. The summed E-state index contributed by atoms with van der Waals surface area (Å²) in [4.78, 5) is 7.69. The summed E-state index contributed by atoms with van der Waals surface area (Å²) < 4.78 is 4.94. The predicted octanol–water partition coefficient (Wildman–Crippen LogP) is 12.8. The van der Waals surface area contributed by atoms with E-state index in [9.17, 15) is 0 Å². The van der Waals surface area contributed by atoms with Crippen molar-refractivity contribution in [3.05, 3.63) is 175 Å². The molecule has 3 nitrogen and oxygen atoms in total. The second kappa shape index (κ2) is 11.0. The van der Waals surface area contributed by atoms with Gasteiger partial charge in [0.2, 0.25) is 0 Å². The molecule has 238 valence electrons. The third kappa shape index (κ3) is 4.38. The molecule has 9 aromatic rings. The Morgan fingerprint density at radius 3 is 1.98 bits per heavy atom. The van der Waals surface area contributed by atoms with Crippen molar-refractivity contribution < 1.29 is 0 Å². The zero-order valence-electron chi connectivity index (χ0n) is 27.8. The average molecular weight is 660 g/mol. The molecule has 1 aliphatic rings. The number of para-hydroxylation sites is 2. The lowest BCUT2D eigenvalue weighted by Gasteiger charge is -2.27. The highest BCUT2D eigenvalue weighted by Crippen LogP contribution is 2.52. The molecule has 1 aliphatic carbocycles. The van der Waals surface area contributed by atoms with Crippen LogP contribution in [0.15, 0.2) is 164 Å². The van der Waals surface area contributed by atoms with Crippen molar-refractivity contribution in [1.82, 2.24) is 9.55 Å². The van der Waals surface area contributed by atoms with E-state index in [1.54, 1.807) is 0 Å². The molecule has 50 heavy (non-hydrogen) atoms. The van der Waals surface area contributed by atoms with Crippen LogP contribution in [0.1, 0.15) is 25.0 Å². The number of benzene rings is 7. The maximum absolute atomic E-state index is 5.29. The molecule has 0 N–H and O–H groups in total. The Morgan fingerprint density at radius 2 is 1.18 bits per heavy atom. The molecule has 0 spiro atoms. The third-order valence-corrected chi connectivity index (χ3v) is 11.5. The van der Waals surface area contributed by atoms with Crippen LogP contribution in [-0.4, -0.2) is 9.55 Å². The van der Waals surface area contributed by atoms with Gasteiger partial charge in [-0.15, -0.1) is 11.3 Å². The minimum absolute atomic E-state index is 0.174. The molecular formula is C46H33N3S. The first-order chi connectivity index (χ1) is 24.5. The highest BCUT2D eigenvalue weighted by atomic mass is 32.1. The lowest BCUT2D eigenvalue weighted by atomic mass is 9.82. The second-order valence-electron chi connectivity index (χ2n) is 13.7. The molecule has 0 saturated carbocycles. The van der Waals surface area contributed by atoms with E-state index in [1.165, 1.54) is 42.4 Å². The van der Waals surface area contributed by atoms with Crippen LogP contribution in [0.2, 0.25) is 0 Å². The van der Waals surface area contributed by atoms with Gasteiger partial charge in [0.05, 0.1) is 11.0 Å². The fourth-order valence-corrected chi connectivity index (χ4v) is 9.03. The number of fused-ring (bicyclic) bond motifs is 7. The van der Waals surface area contributed by atoms with Gasteiger partial charge in [0.15, 0.2) is 0 Å². The predicted molar refractivity (Wildman–Crippen MR) is 212 cm³/mol. The molecule has 2 heterocycles. The third-order valence-electron chi connectivity index (χ3n) is 10.4. The Hall–Kier alpha value is -5.97. The number of thiophene rings is 1. The molecule has 0 aliphatic heterocycles. The van der Waals surface area contributed by atoms with Crippen LogP contribution in [0.5, 0.6) is 0 Å². The van der Waals surface area contributed by atoms with E-state index in [0.29, 0.717) is 0 Å². The Bertz CT molecular complexity index is 2720. The molecule has 0 unspecified atom stereocenters. The maximum atomic E-state index is 5.29. The van der Waals surface area contributed by atoms with E-state index in [4.69, 9.17) is 4.98 Å². The van der Waals surface area contributed by atoms with E-state index in [2.05, 4.69) is 187 Å². The summed E-state index contributed by atoms with van der Waals surface area (Å²) in [5.74, 6) is 0.953. The Labute approximate surface area is 295 Å². The van der Waals surface area contributed by atoms with Gasteiger partial charge in [0.1, 0.15) is 5.82 Å². The SMILES string of the molecule is CC1(C)c2ccc(N(c3ccccc3)c3ccc4sc5ccccc5c4c3)cc2-c2cc3c(cc21)nc(-c1ccccc1)n3-c1ccccc1. The number of imidazole rings is 1. The number of nitrogens with zero attached hydrogens (tertiary/aromatic N) is 3. The Kier molecular flexibility index (Phi) is 6.39. The zero-order valence-corrected chi connectivity index (χ0v) is 28.7. The van der Waals surface area contributed by atoms with Crippen LogP contribution in [0, 0.1) is 0 Å². The van der Waals surface area contributed by atoms with Crippen molar-refractivity contribution in [2.45, 2.75) is 19.3 Å². The monoisotopic (exact) mass is 659 g/mol. The van der Waals surface area contributed by atoms with Crippen LogP contribution in [0.4, 0.5) is 17.1 Å². The van der Waals surface area contributed by atoms with Gasteiger partial charge in [-0.1, -0.05) is 105 Å². The van der Waals surface area contributed by atoms with Crippen molar-refractivity contribution >= 4 is 59.6 Å². The van der Waals surface area contributed by atoms with Crippen LogP contribution in [0.3, 0.4) is 0 Å². The smallest absolute Gasteiger partial charge is 0.145 e. The standard InChI is InChI=1S/C46H33N3S/c1-46(2)39-24-22-33(48(31-16-8-4-9-17-31)34-23-25-44-38(27-34)35-20-12-13-21-43(35)50-44)26-36(39)37-28-42-41(29-40(37)46)47-45(30-14-6-3-7-15-30)49(42)32-18-10-5-11-19-32/h3-29H,1-2H3. The molecule has 2 aromatic heterocycles. The largest absolute Gasteiger partial charge is 0.310 e. The summed E-state index contributed by atoms with van der Waals surface area (Å²) >= 11 is 1.86. The summed E-state index contributed by atoms with van der Waals surface area (Å²) in [5, 5.41) is 2.60. The average Bonchev–Trinajstić information content (AvgIpc) is 3.80. The van der Waals surface area contributed by atoms with Gasteiger partial charge in [0, 0.05) is 53.9 Å². The zero-order chi connectivity index (χ0) is 33.4. The lowest BCUT2D eigenvalue weighted by molar-refractivity contribution is 0.661. The first kappa shape index (κ1) is 29.0. The van der Waals surface area contributed by atoms with Crippen LogP contribution in [-0.2, 0) is 5.41 Å². The van der Waals surface area contributed by atoms with Crippen LogP contribution in [0.25, 0.3) is 59.4 Å². The molecule has 0 saturated heterocycles. The van der Waals surface area contributed by atoms with E-state index in [0.717, 1.165) is 45.2 Å². The molecule has 0 bridgehead atoms. The molecule has 0 radical (unpaired) electrons. The van der Waals surface area contributed by atoms with Gasteiger partial charge in [-0.05, 0) is 95.1 Å². The van der Waals surface area contributed by atoms with Crippen molar-refractivity contribution in [3.63, 3.8) is 0 Å². The Morgan fingerprint density at radius 1 is 0.540 bits per heavy atom. The Balaban J connectivity index is 1.19. The summed E-state index contributed by atoms with van der Waals surface area (Å²) in [5.41, 5.74) is 12.8. The van der Waals surface area contributed by atoms with Gasteiger partial charge in [-0.25, -0.2) is 4.98 Å². The topological polar surface area (TPSA) is 21.1 Å². The molecule has 4 heteroatoms. The first-order valence-electron chi connectivity index (χ1n) is 17.1. The summed E-state index contributed by atoms with van der Waals surface area (Å²) in [6, 6.07) is 59.3. The summed E-state index contributed by atoms with van der Waals surface area (Å²) in [6.07, 6.45) is 0. The minimum atomic E-state index is -0.174. The van der Waals surface area contributed by atoms with E-state index >= 15 is 0 Å². The molecule has 7 aromatic carbocycles. The molecular weight excluding hydrogens is 627 g/mol. The number of rotatable bonds is 5. The quantitative estimate of drug-likeness (QED) is 0.183. The first-order valence-corrected chi connectivity index (χ1v) is 18.0. The summed E-state index contributed by atoms with van der Waals surface area (Å²) in [6.45, 7) is 4.69. The van der Waals surface area contributed by atoms with Gasteiger partial charge in [-0.3, -0.25) is 4.57 Å². The van der Waals surface area contributed by atoms with Gasteiger partial charge < -0.3 is 4.90 Å². The van der Waals surface area contributed by atoms with Crippen LogP contribution >= 0.6 is 11.3 Å². The van der Waals surface area contributed by atoms with E-state index < -0.39 is 0 Å². The van der Waals surface area contributed by atoms with Crippen LogP contribution < -0.4 is 4.90 Å². The second-order valence-corrected chi connectivity index (χ2v) is 14.7. The molecule has 0 fully saturated rings. The van der Waals surface area contributed by atoms with Crippen molar-refractivity contribution in [3.8, 4) is 28.2 Å². The molecule has 10 rings (SSSR count). The lowest BCUT2D eigenvalue weighted by Crippen LogP contribution is -2.15. The number of aromatic nitrogens is 2. The van der Waals surface area contributed by atoms with Gasteiger partial charge in [0.25, 0.3) is 0 Å². The molecule has 0 atom stereocenters. The highest BCUT2D eigenvalue weighted by Gasteiger charge is 2.37. The minimum Gasteiger partial charge on any atom is -0.310 e. The van der Waals surface area contributed by atoms with Crippen molar-refractivity contribution in [2.24, 2.45) is 0 Å². The highest BCUT2D eigenvalue weighted by molar-refractivity contribution is 7.25. The van der Waals surface area contributed by atoms with Gasteiger partial charge >= 0.3 is 0 Å². The fraction of sp³-hybridized carbons (Fsp3) is 0.0652. The van der Waals surface area contributed by atoms with E-state index in [1.807, 2.05) is 11.3 Å². The summed E-state index contributed by atoms with van der Waals surface area (Å²) in [7, 11) is 0. The van der Waals surface area contributed by atoms with Crippen molar-refractivity contribution in [2.75, 3.05) is 4.90 Å². The number of anilines is 3. The maximum Gasteiger partial charge on any atom is 0.145 e. The number of hydrogen-bond acceptors (Lipinski definition) is 3.